The fraction of sp³-hybridized carbons (Fsp3) is 0.750. The summed E-state index contributed by atoms with van der Waals surface area (Å²) in [5.41, 5.74) is 0. The molecular weight excluding hydrogens is 364 g/mol. The number of carbonyl (C=O) groups is 4. The predicted octanol–water partition coefficient (Wildman–Crippen LogP) is 1.22. The Labute approximate surface area is 156 Å². The quantitative estimate of drug-likeness (QED) is 0.610. The van der Waals surface area contributed by atoms with Crippen molar-refractivity contribution in [2.45, 2.75) is 45.2 Å². The molecule has 2 amide bonds. The third kappa shape index (κ3) is 6.89. The number of hydrogen-bond acceptors (Lipinski definition) is 6. The van der Waals surface area contributed by atoms with E-state index in [0.29, 0.717) is 37.3 Å². The average Bonchev–Trinajstić information content (AvgIpc) is 3.04. The number of nitrogens with zero attached hydrogens (tertiary/aromatic N) is 1. The van der Waals surface area contributed by atoms with Crippen molar-refractivity contribution >= 4 is 46.4 Å². The normalized spacial score (nSPS) is 19.3. The zero-order valence-corrected chi connectivity index (χ0v) is 16.5. The minimum absolute atomic E-state index is 0.0477. The SMILES string of the molecule is CSCC[C@H](NC(=O)[C@@H]1CCCN1C(=O)C(C)CSC(C)=O)C(=O)O. The number of carbonyl (C=O) groups excluding carboxylic acids is 3. The van der Waals surface area contributed by atoms with Gasteiger partial charge in [0.2, 0.25) is 11.8 Å². The van der Waals surface area contributed by atoms with E-state index in [4.69, 9.17) is 0 Å². The maximum absolute atomic E-state index is 12.6. The van der Waals surface area contributed by atoms with E-state index in [2.05, 4.69) is 5.32 Å². The van der Waals surface area contributed by atoms with Gasteiger partial charge in [0.15, 0.2) is 5.12 Å². The maximum Gasteiger partial charge on any atom is 0.326 e. The van der Waals surface area contributed by atoms with Gasteiger partial charge in [0.1, 0.15) is 12.1 Å². The number of thioether (sulfide) groups is 2. The van der Waals surface area contributed by atoms with Crippen molar-refractivity contribution in [2.24, 2.45) is 5.92 Å². The molecule has 0 aromatic carbocycles. The molecule has 1 rings (SSSR count). The summed E-state index contributed by atoms with van der Waals surface area (Å²) in [5.74, 6) is -0.999. The number of amides is 2. The van der Waals surface area contributed by atoms with Crippen molar-refractivity contribution in [1.29, 1.82) is 0 Å². The Balaban J connectivity index is 2.68. The van der Waals surface area contributed by atoms with Gasteiger partial charge in [-0.2, -0.15) is 11.8 Å². The van der Waals surface area contributed by atoms with Crippen LogP contribution in [0.2, 0.25) is 0 Å². The number of likely N-dealkylation sites (tertiary alicyclic amines) is 1. The lowest BCUT2D eigenvalue weighted by Gasteiger charge is -2.27. The molecule has 0 bridgehead atoms. The fourth-order valence-corrected chi connectivity index (χ4v) is 3.76. The molecule has 0 aliphatic carbocycles. The largest absolute Gasteiger partial charge is 0.480 e. The minimum atomic E-state index is -1.07. The number of carboxylic acids is 1. The molecular formula is C16H26N2O5S2. The molecule has 1 heterocycles. The average molecular weight is 391 g/mol. The van der Waals surface area contributed by atoms with Gasteiger partial charge in [-0.25, -0.2) is 4.79 Å². The standard InChI is InChI=1S/C16H26N2O5S2/c1-10(9-25-11(2)19)15(21)18-7-4-5-13(18)14(20)17-12(16(22)23)6-8-24-3/h10,12-13H,4-9H2,1-3H3,(H,17,20)(H,22,23)/t10?,12-,13-/m0/s1. The molecule has 0 saturated carbocycles. The van der Waals surface area contributed by atoms with E-state index in [1.165, 1.54) is 23.6 Å². The molecule has 1 aliphatic rings. The highest BCUT2D eigenvalue weighted by atomic mass is 32.2. The Morgan fingerprint density at radius 2 is 2.00 bits per heavy atom. The summed E-state index contributed by atoms with van der Waals surface area (Å²) < 4.78 is 0. The summed E-state index contributed by atoms with van der Waals surface area (Å²) >= 11 is 2.61. The lowest BCUT2D eigenvalue weighted by atomic mass is 10.1. The second kappa shape index (κ2) is 10.7. The Kier molecular flexibility index (Phi) is 9.34. The molecule has 1 fully saturated rings. The number of aliphatic carboxylic acids is 1. The first-order valence-corrected chi connectivity index (χ1v) is 10.6. The topological polar surface area (TPSA) is 104 Å². The van der Waals surface area contributed by atoms with E-state index in [9.17, 15) is 24.3 Å². The third-order valence-corrected chi connectivity index (χ3v) is 5.74. The lowest BCUT2D eigenvalue weighted by Crippen LogP contribution is -2.52. The predicted molar refractivity (Wildman–Crippen MR) is 99.6 cm³/mol. The molecule has 1 unspecified atom stereocenters. The monoisotopic (exact) mass is 390 g/mol. The van der Waals surface area contributed by atoms with Crippen LogP contribution in [0.25, 0.3) is 0 Å². The van der Waals surface area contributed by atoms with Gasteiger partial charge < -0.3 is 15.3 Å². The van der Waals surface area contributed by atoms with Crippen LogP contribution in [0.3, 0.4) is 0 Å². The van der Waals surface area contributed by atoms with Crippen molar-refractivity contribution in [3.63, 3.8) is 0 Å². The first-order chi connectivity index (χ1) is 11.8. The van der Waals surface area contributed by atoms with Gasteiger partial charge in [-0.05, 0) is 31.3 Å². The van der Waals surface area contributed by atoms with Gasteiger partial charge >= 0.3 is 5.97 Å². The molecule has 25 heavy (non-hydrogen) atoms. The fourth-order valence-electron chi connectivity index (χ4n) is 2.66. The third-order valence-electron chi connectivity index (χ3n) is 4.02. The first-order valence-electron chi connectivity index (χ1n) is 8.23. The summed E-state index contributed by atoms with van der Waals surface area (Å²) in [5, 5.41) is 11.8. The van der Waals surface area contributed by atoms with Crippen LogP contribution in [0.15, 0.2) is 0 Å². The van der Waals surface area contributed by atoms with Gasteiger partial charge in [0, 0.05) is 25.1 Å². The van der Waals surface area contributed by atoms with Gasteiger partial charge in [-0.3, -0.25) is 14.4 Å². The molecule has 0 radical (unpaired) electrons. The van der Waals surface area contributed by atoms with Crippen LogP contribution < -0.4 is 5.32 Å². The van der Waals surface area contributed by atoms with E-state index in [1.807, 2.05) is 6.26 Å². The molecule has 2 N–H and O–H groups in total. The van der Waals surface area contributed by atoms with Crippen molar-refractivity contribution in [1.82, 2.24) is 10.2 Å². The van der Waals surface area contributed by atoms with Crippen LogP contribution in [0, 0.1) is 5.92 Å². The number of hydrogen-bond donors (Lipinski definition) is 2. The van der Waals surface area contributed by atoms with Crippen LogP contribution in [0.5, 0.6) is 0 Å². The van der Waals surface area contributed by atoms with E-state index in [0.717, 1.165) is 11.8 Å². The van der Waals surface area contributed by atoms with Crippen LogP contribution in [0.4, 0.5) is 0 Å². The zero-order chi connectivity index (χ0) is 19.0. The highest BCUT2D eigenvalue weighted by molar-refractivity contribution is 8.13. The number of carboxylic acid groups (broad SMARTS) is 1. The Morgan fingerprint density at radius 3 is 2.56 bits per heavy atom. The molecule has 7 nitrogen and oxygen atoms in total. The van der Waals surface area contributed by atoms with E-state index in [1.54, 1.807) is 6.92 Å². The van der Waals surface area contributed by atoms with Crippen molar-refractivity contribution in [3.8, 4) is 0 Å². The smallest absolute Gasteiger partial charge is 0.326 e. The summed E-state index contributed by atoms with van der Waals surface area (Å²) in [6, 6.07) is -1.57. The van der Waals surface area contributed by atoms with Gasteiger partial charge in [-0.15, -0.1) is 0 Å². The number of nitrogens with one attached hydrogen (secondary N) is 1. The molecule has 0 spiro atoms. The molecule has 1 aliphatic heterocycles. The second-order valence-electron chi connectivity index (χ2n) is 6.07. The first kappa shape index (κ1) is 21.8. The van der Waals surface area contributed by atoms with Crippen molar-refractivity contribution in [2.75, 3.05) is 24.3 Å². The Bertz CT molecular complexity index is 515. The van der Waals surface area contributed by atoms with Gasteiger partial charge in [0.05, 0.1) is 0 Å². The Hall–Kier alpha value is -1.22. The number of rotatable bonds is 9. The second-order valence-corrected chi connectivity index (χ2v) is 8.26. The molecule has 3 atom stereocenters. The van der Waals surface area contributed by atoms with Crippen LogP contribution in [0.1, 0.15) is 33.1 Å². The van der Waals surface area contributed by atoms with Crippen LogP contribution >= 0.6 is 23.5 Å². The molecule has 0 aromatic rings. The van der Waals surface area contributed by atoms with Crippen LogP contribution in [-0.4, -0.2) is 69.3 Å². The summed E-state index contributed by atoms with van der Waals surface area (Å²) in [7, 11) is 0. The molecule has 1 saturated heterocycles. The van der Waals surface area contributed by atoms with Crippen LogP contribution in [-0.2, 0) is 19.2 Å². The van der Waals surface area contributed by atoms with E-state index in [-0.39, 0.29) is 16.9 Å². The van der Waals surface area contributed by atoms with Gasteiger partial charge in [-0.1, -0.05) is 18.7 Å². The van der Waals surface area contributed by atoms with Crippen molar-refractivity contribution < 1.29 is 24.3 Å². The van der Waals surface area contributed by atoms with E-state index < -0.39 is 24.0 Å². The molecule has 9 heteroatoms. The summed E-state index contributed by atoms with van der Waals surface area (Å²) in [6.45, 7) is 3.67. The molecule has 142 valence electrons. The van der Waals surface area contributed by atoms with E-state index >= 15 is 0 Å². The maximum atomic E-state index is 12.6. The van der Waals surface area contributed by atoms with Crippen molar-refractivity contribution in [3.05, 3.63) is 0 Å². The highest BCUT2D eigenvalue weighted by Gasteiger charge is 2.37. The lowest BCUT2D eigenvalue weighted by molar-refractivity contribution is -0.144. The zero-order valence-electron chi connectivity index (χ0n) is 14.8. The minimum Gasteiger partial charge on any atom is -0.480 e. The summed E-state index contributed by atoms with van der Waals surface area (Å²) in [4.78, 5) is 48.9. The van der Waals surface area contributed by atoms with Gasteiger partial charge in [0.25, 0.3) is 0 Å². The Morgan fingerprint density at radius 1 is 1.32 bits per heavy atom. The summed E-state index contributed by atoms with van der Waals surface area (Å²) in [6.07, 6.45) is 3.45. The highest BCUT2D eigenvalue weighted by Crippen LogP contribution is 2.22. The molecule has 0 aromatic heterocycles.